The fourth-order valence-electron chi connectivity index (χ4n) is 2.97. The molecular formula is C22H21N3O3. The number of benzene rings is 2. The van der Waals surface area contributed by atoms with Crippen LogP contribution < -0.4 is 10.4 Å². The molecule has 28 heavy (non-hydrogen) atoms. The predicted molar refractivity (Wildman–Crippen MR) is 108 cm³/mol. The van der Waals surface area contributed by atoms with E-state index >= 15 is 0 Å². The van der Waals surface area contributed by atoms with Gasteiger partial charge in [0.25, 0.3) is 5.88 Å². The van der Waals surface area contributed by atoms with Gasteiger partial charge in [-0.1, -0.05) is 43.7 Å². The van der Waals surface area contributed by atoms with Gasteiger partial charge in [-0.25, -0.2) is 4.79 Å². The highest BCUT2D eigenvalue weighted by Crippen LogP contribution is 2.23. The Hall–Kier alpha value is -3.41. The highest BCUT2D eigenvalue weighted by molar-refractivity contribution is 5.83. The van der Waals surface area contributed by atoms with Crippen LogP contribution in [0.15, 0.2) is 63.8 Å². The van der Waals surface area contributed by atoms with Crippen molar-refractivity contribution in [1.29, 1.82) is 0 Å². The third kappa shape index (κ3) is 3.53. The van der Waals surface area contributed by atoms with Crippen LogP contribution in [0, 0.1) is 6.92 Å². The van der Waals surface area contributed by atoms with Gasteiger partial charge in [0.1, 0.15) is 11.3 Å². The molecule has 0 saturated carbocycles. The normalized spacial score (nSPS) is 11.1. The zero-order valence-electron chi connectivity index (χ0n) is 15.9. The average molecular weight is 375 g/mol. The van der Waals surface area contributed by atoms with Gasteiger partial charge in [-0.15, -0.1) is 15.0 Å². The quantitative estimate of drug-likeness (QED) is 0.366. The van der Waals surface area contributed by atoms with E-state index in [2.05, 4.69) is 17.1 Å². The Morgan fingerprint density at radius 1 is 1.07 bits per heavy atom. The number of ether oxygens (including phenoxy) is 1. The zero-order valence-corrected chi connectivity index (χ0v) is 15.9. The maximum atomic E-state index is 12.5. The summed E-state index contributed by atoms with van der Waals surface area (Å²) in [7, 11) is 0. The summed E-state index contributed by atoms with van der Waals surface area (Å²) in [4.78, 5) is 14.0. The molecule has 0 aliphatic heterocycles. The van der Waals surface area contributed by atoms with Crippen LogP contribution in [0.3, 0.4) is 0 Å². The fraction of sp³-hybridized carbons (Fsp3) is 0.227. The average Bonchev–Trinajstić information content (AvgIpc) is 3.08. The highest BCUT2D eigenvalue weighted by atomic mass is 16.5. The molecule has 0 radical (unpaired) electrons. The van der Waals surface area contributed by atoms with Gasteiger partial charge in [0.2, 0.25) is 0 Å². The van der Waals surface area contributed by atoms with Crippen molar-refractivity contribution >= 4 is 11.0 Å². The maximum absolute atomic E-state index is 12.5. The molecule has 0 atom stereocenters. The molecule has 0 spiro atoms. The van der Waals surface area contributed by atoms with Crippen molar-refractivity contribution in [1.82, 2.24) is 15.0 Å². The fourth-order valence-corrected chi connectivity index (χ4v) is 2.97. The lowest BCUT2D eigenvalue weighted by molar-refractivity contribution is 0.294. The molecule has 142 valence electrons. The first-order valence-corrected chi connectivity index (χ1v) is 9.36. The number of rotatable bonds is 6. The summed E-state index contributed by atoms with van der Waals surface area (Å²) < 4.78 is 11.3. The summed E-state index contributed by atoms with van der Waals surface area (Å²) in [6.45, 7) is 4.59. The number of nitrogens with zero attached hydrogens (tertiary/aromatic N) is 3. The van der Waals surface area contributed by atoms with Crippen LogP contribution in [0.4, 0.5) is 0 Å². The molecule has 0 saturated heterocycles. The van der Waals surface area contributed by atoms with Gasteiger partial charge < -0.3 is 9.15 Å². The first-order chi connectivity index (χ1) is 13.7. The van der Waals surface area contributed by atoms with Crippen molar-refractivity contribution in [3.63, 3.8) is 0 Å². The lowest BCUT2D eigenvalue weighted by Crippen LogP contribution is -2.04. The topological polar surface area (TPSA) is 70.2 Å². The van der Waals surface area contributed by atoms with Crippen LogP contribution >= 0.6 is 0 Å². The molecule has 0 amide bonds. The lowest BCUT2D eigenvalue weighted by Gasteiger charge is -2.05. The molecule has 0 fully saturated rings. The van der Waals surface area contributed by atoms with E-state index in [1.807, 2.05) is 55.5 Å². The third-order valence-electron chi connectivity index (χ3n) is 4.51. The first-order valence-electron chi connectivity index (χ1n) is 9.36. The molecule has 6 nitrogen and oxygen atoms in total. The minimum absolute atomic E-state index is 0.371. The molecule has 0 bridgehead atoms. The Balaban J connectivity index is 1.69. The van der Waals surface area contributed by atoms with Gasteiger partial charge in [0, 0.05) is 11.5 Å². The minimum Gasteiger partial charge on any atom is -0.475 e. The van der Waals surface area contributed by atoms with Gasteiger partial charge >= 0.3 is 5.63 Å². The van der Waals surface area contributed by atoms with E-state index in [9.17, 15) is 4.79 Å². The largest absolute Gasteiger partial charge is 0.475 e. The summed E-state index contributed by atoms with van der Waals surface area (Å²) in [6, 6.07) is 16.9. The molecule has 4 aromatic rings. The van der Waals surface area contributed by atoms with E-state index in [1.165, 1.54) is 4.80 Å². The molecule has 0 aliphatic carbocycles. The van der Waals surface area contributed by atoms with Gasteiger partial charge in [0.05, 0.1) is 17.9 Å². The molecule has 0 N–H and O–H groups in total. The smallest absolute Gasteiger partial charge is 0.344 e. The number of unbranched alkanes of at least 4 members (excludes halogenated alkanes) is 1. The summed E-state index contributed by atoms with van der Waals surface area (Å²) in [5, 5.41) is 9.66. The van der Waals surface area contributed by atoms with Crippen LogP contribution in [0.5, 0.6) is 5.88 Å². The van der Waals surface area contributed by atoms with Crippen LogP contribution in [0.1, 0.15) is 25.5 Å². The van der Waals surface area contributed by atoms with E-state index in [0.717, 1.165) is 29.5 Å². The van der Waals surface area contributed by atoms with E-state index in [1.54, 1.807) is 6.07 Å². The molecule has 0 aliphatic rings. The maximum Gasteiger partial charge on any atom is 0.344 e. The van der Waals surface area contributed by atoms with Crippen molar-refractivity contribution in [2.24, 2.45) is 0 Å². The van der Waals surface area contributed by atoms with Gasteiger partial charge in [-0.05, 0) is 37.1 Å². The van der Waals surface area contributed by atoms with E-state index in [4.69, 9.17) is 9.15 Å². The number of aromatic nitrogens is 3. The molecular weight excluding hydrogens is 354 g/mol. The summed E-state index contributed by atoms with van der Waals surface area (Å²) >= 11 is 0. The SMILES string of the molecule is CCCCOc1nn(-c2ccc3cc(-c4ccccc4)c(=O)oc3c2)nc1C. The second kappa shape index (κ2) is 7.68. The summed E-state index contributed by atoms with van der Waals surface area (Å²) in [5.41, 5.74) is 2.92. The molecule has 4 rings (SSSR count). The van der Waals surface area contributed by atoms with E-state index < -0.39 is 0 Å². The van der Waals surface area contributed by atoms with Crippen molar-refractivity contribution in [2.45, 2.75) is 26.7 Å². The predicted octanol–water partition coefficient (Wildman–Crippen LogP) is 4.53. The zero-order chi connectivity index (χ0) is 19.5. The monoisotopic (exact) mass is 375 g/mol. The second-order valence-electron chi connectivity index (χ2n) is 6.62. The van der Waals surface area contributed by atoms with Crippen molar-refractivity contribution in [3.8, 4) is 22.7 Å². The van der Waals surface area contributed by atoms with Crippen molar-refractivity contribution in [3.05, 3.63) is 70.7 Å². The van der Waals surface area contributed by atoms with Gasteiger partial charge in [-0.3, -0.25) is 0 Å². The Morgan fingerprint density at radius 2 is 1.89 bits per heavy atom. The minimum atomic E-state index is -0.371. The van der Waals surface area contributed by atoms with Crippen LogP contribution in [0.2, 0.25) is 0 Å². The number of fused-ring (bicyclic) bond motifs is 1. The highest BCUT2D eigenvalue weighted by Gasteiger charge is 2.12. The Bertz CT molecular complexity index is 1160. The van der Waals surface area contributed by atoms with Crippen LogP contribution in [0.25, 0.3) is 27.8 Å². The van der Waals surface area contributed by atoms with Crippen LogP contribution in [-0.2, 0) is 0 Å². The summed E-state index contributed by atoms with van der Waals surface area (Å²) in [6.07, 6.45) is 2.03. The lowest BCUT2D eigenvalue weighted by atomic mass is 10.1. The Labute approximate surface area is 162 Å². The van der Waals surface area contributed by atoms with Crippen molar-refractivity contribution < 1.29 is 9.15 Å². The summed E-state index contributed by atoms with van der Waals surface area (Å²) in [5.74, 6) is 0.523. The molecule has 2 heterocycles. The van der Waals surface area contributed by atoms with Crippen molar-refractivity contribution in [2.75, 3.05) is 6.61 Å². The molecule has 2 aromatic carbocycles. The molecule has 2 aromatic heterocycles. The number of hydrogen-bond acceptors (Lipinski definition) is 5. The third-order valence-corrected chi connectivity index (χ3v) is 4.51. The molecule has 6 heteroatoms. The second-order valence-corrected chi connectivity index (χ2v) is 6.62. The molecule has 0 unspecified atom stereocenters. The number of aryl methyl sites for hydroxylation is 1. The Morgan fingerprint density at radius 3 is 2.68 bits per heavy atom. The number of hydrogen-bond donors (Lipinski definition) is 0. The van der Waals surface area contributed by atoms with E-state index in [-0.39, 0.29) is 5.63 Å². The standard InChI is InChI=1S/C22H21N3O3/c1-3-4-12-27-21-15(2)23-25(24-21)18-11-10-17-13-19(16-8-6-5-7-9-16)22(26)28-20(17)14-18/h5-11,13-14H,3-4,12H2,1-2H3. The van der Waals surface area contributed by atoms with Gasteiger partial charge in [0.15, 0.2) is 0 Å². The first kappa shape index (κ1) is 18.0. The van der Waals surface area contributed by atoms with Crippen LogP contribution in [-0.4, -0.2) is 21.6 Å². The van der Waals surface area contributed by atoms with Gasteiger partial charge in [-0.2, -0.15) is 0 Å². The Kier molecular flexibility index (Phi) is 4.93. The van der Waals surface area contributed by atoms with E-state index in [0.29, 0.717) is 29.3 Å².